The fourth-order valence-electron chi connectivity index (χ4n) is 3.33. The molecule has 3 rings (SSSR count). The number of ether oxygens (including phenoxy) is 1. The second kappa shape index (κ2) is 6.96. The molecule has 0 spiro atoms. The number of halogens is 3. The first-order chi connectivity index (χ1) is 12.4. The van der Waals surface area contributed by atoms with Crippen molar-refractivity contribution in [3.63, 3.8) is 0 Å². The molecule has 3 atom stereocenters. The van der Waals surface area contributed by atoms with Crippen LogP contribution in [0.1, 0.15) is 23.1 Å². The Hall–Kier alpha value is -2.60. The highest BCUT2D eigenvalue weighted by Gasteiger charge is 2.67. The van der Waals surface area contributed by atoms with Crippen molar-refractivity contribution >= 4 is 5.97 Å². The van der Waals surface area contributed by atoms with Crippen molar-refractivity contribution in [2.75, 3.05) is 6.61 Å². The summed E-state index contributed by atoms with van der Waals surface area (Å²) < 4.78 is 47.8. The molecule has 0 amide bonds. The molecule has 6 heteroatoms. The first-order valence-electron chi connectivity index (χ1n) is 8.14. The molecule has 0 aliphatic carbocycles. The van der Waals surface area contributed by atoms with Crippen LogP contribution in [-0.4, -0.2) is 24.3 Å². The predicted molar refractivity (Wildman–Crippen MR) is 91.4 cm³/mol. The molecule has 0 radical (unpaired) electrons. The van der Waals surface area contributed by atoms with Crippen LogP contribution in [-0.2, 0) is 9.53 Å². The number of esters is 1. The molecular formula is C20H18F3NO2. The van der Waals surface area contributed by atoms with Crippen LogP contribution in [0.3, 0.4) is 0 Å². The quantitative estimate of drug-likeness (QED) is 0.657. The maximum Gasteiger partial charge on any atom is 0.418 e. The summed E-state index contributed by atoms with van der Waals surface area (Å²) in [5.74, 6) is -2.67. The van der Waals surface area contributed by atoms with Crippen molar-refractivity contribution in [2.24, 2.45) is 0 Å². The topological polar surface area (TPSA) is 38.3 Å². The number of nitrogens with one attached hydrogen (secondary N) is 1. The zero-order valence-corrected chi connectivity index (χ0v) is 13.9. The molecule has 0 aromatic heterocycles. The molecule has 136 valence electrons. The van der Waals surface area contributed by atoms with Crippen LogP contribution in [0.25, 0.3) is 0 Å². The smallest absolute Gasteiger partial charge is 0.418 e. The lowest BCUT2D eigenvalue weighted by Crippen LogP contribution is -2.69. The molecule has 1 saturated heterocycles. The van der Waals surface area contributed by atoms with Gasteiger partial charge in [-0.2, -0.15) is 13.2 Å². The third kappa shape index (κ3) is 3.01. The van der Waals surface area contributed by atoms with Gasteiger partial charge >= 0.3 is 12.1 Å². The van der Waals surface area contributed by atoms with Crippen LogP contribution < -0.4 is 5.32 Å². The van der Waals surface area contributed by atoms with Gasteiger partial charge in [-0.15, -0.1) is 6.58 Å². The number of hydrogen-bond acceptors (Lipinski definition) is 3. The summed E-state index contributed by atoms with van der Waals surface area (Å²) >= 11 is 0. The minimum Gasteiger partial charge on any atom is -0.462 e. The Bertz CT molecular complexity index is 777. The highest BCUT2D eigenvalue weighted by atomic mass is 19.4. The summed E-state index contributed by atoms with van der Waals surface area (Å²) in [5.41, 5.74) is -1.96. The molecule has 26 heavy (non-hydrogen) atoms. The molecule has 0 bridgehead atoms. The molecule has 2 aromatic carbocycles. The van der Waals surface area contributed by atoms with Gasteiger partial charge in [-0.1, -0.05) is 66.7 Å². The molecule has 1 aliphatic rings. The van der Waals surface area contributed by atoms with Crippen LogP contribution in [0, 0.1) is 0 Å². The second-order valence-corrected chi connectivity index (χ2v) is 6.14. The molecule has 1 N–H and O–H groups in total. The van der Waals surface area contributed by atoms with Gasteiger partial charge < -0.3 is 4.74 Å². The second-order valence-electron chi connectivity index (χ2n) is 6.14. The first kappa shape index (κ1) is 18.2. The molecule has 3 nitrogen and oxygen atoms in total. The third-order valence-corrected chi connectivity index (χ3v) is 4.61. The van der Waals surface area contributed by atoms with Crippen LogP contribution in [0.4, 0.5) is 13.2 Å². The Morgan fingerprint density at radius 3 is 2.23 bits per heavy atom. The van der Waals surface area contributed by atoms with Crippen LogP contribution in [0.2, 0.25) is 0 Å². The van der Waals surface area contributed by atoms with Crippen molar-refractivity contribution in [3.8, 4) is 0 Å². The minimum absolute atomic E-state index is 0.167. The van der Waals surface area contributed by atoms with Gasteiger partial charge in [0.25, 0.3) is 0 Å². The number of hydrogen-bond donors (Lipinski definition) is 1. The number of morpholine rings is 1. The number of benzene rings is 2. The van der Waals surface area contributed by atoms with E-state index in [0.717, 1.165) is 6.08 Å². The van der Waals surface area contributed by atoms with Crippen LogP contribution in [0.5, 0.6) is 0 Å². The van der Waals surface area contributed by atoms with Crippen molar-refractivity contribution in [1.29, 1.82) is 0 Å². The van der Waals surface area contributed by atoms with E-state index in [1.165, 1.54) is 0 Å². The summed E-state index contributed by atoms with van der Waals surface area (Å²) in [7, 11) is 0. The number of cyclic esters (lactones) is 1. The largest absolute Gasteiger partial charge is 0.462 e. The standard InChI is InChI=1S/C20H18F3NO2/c1-2-16(14-9-5-3-6-10-14)19(20(21,22)23)18(25)26-13-17(24-19)15-11-7-4-8-12-15/h2-12,16-17,24H,1,13H2/t16-,17+,19-/m0/s1. The van der Waals surface area contributed by atoms with E-state index in [4.69, 9.17) is 4.74 Å². The van der Waals surface area contributed by atoms with Crippen LogP contribution >= 0.6 is 0 Å². The van der Waals surface area contributed by atoms with Crippen molar-refractivity contribution < 1.29 is 22.7 Å². The summed E-state index contributed by atoms with van der Waals surface area (Å²) in [5, 5.41) is 2.55. The van der Waals surface area contributed by atoms with Gasteiger partial charge in [0.2, 0.25) is 5.54 Å². The average Bonchev–Trinajstić information content (AvgIpc) is 2.64. The summed E-state index contributed by atoms with van der Waals surface area (Å²) in [6.45, 7) is 3.39. The maximum absolute atomic E-state index is 14.2. The van der Waals surface area contributed by atoms with Crippen molar-refractivity contribution in [2.45, 2.75) is 23.7 Å². The maximum atomic E-state index is 14.2. The number of rotatable bonds is 4. The van der Waals surface area contributed by atoms with Gasteiger partial charge in [0.15, 0.2) is 0 Å². The van der Waals surface area contributed by atoms with E-state index in [-0.39, 0.29) is 6.61 Å². The van der Waals surface area contributed by atoms with Gasteiger partial charge in [-0.3, -0.25) is 5.32 Å². The molecule has 2 aromatic rings. The Morgan fingerprint density at radius 2 is 1.69 bits per heavy atom. The van der Waals surface area contributed by atoms with E-state index >= 15 is 0 Å². The average molecular weight is 361 g/mol. The molecule has 1 heterocycles. The molecule has 1 fully saturated rings. The fourth-order valence-corrected chi connectivity index (χ4v) is 3.33. The predicted octanol–water partition coefficient (Wildman–Crippen LogP) is 4.15. The van der Waals surface area contributed by atoms with Crippen LogP contribution in [0.15, 0.2) is 73.3 Å². The van der Waals surface area contributed by atoms with Crippen molar-refractivity contribution in [3.05, 3.63) is 84.4 Å². The monoisotopic (exact) mass is 361 g/mol. The van der Waals surface area contributed by atoms with E-state index in [2.05, 4.69) is 11.9 Å². The normalized spacial score (nSPS) is 24.6. The van der Waals surface area contributed by atoms with E-state index in [1.807, 2.05) is 0 Å². The summed E-state index contributed by atoms with van der Waals surface area (Å²) in [6.07, 6.45) is -3.74. The minimum atomic E-state index is -4.88. The zero-order valence-electron chi connectivity index (χ0n) is 13.9. The van der Waals surface area contributed by atoms with Gasteiger partial charge in [-0.05, 0) is 11.1 Å². The zero-order chi connectivity index (χ0) is 18.8. The molecule has 0 unspecified atom stereocenters. The van der Waals surface area contributed by atoms with E-state index in [0.29, 0.717) is 11.1 Å². The Labute approximate surface area is 149 Å². The Balaban J connectivity index is 2.11. The Kier molecular flexibility index (Phi) is 4.87. The highest BCUT2D eigenvalue weighted by molar-refractivity contribution is 5.85. The Morgan fingerprint density at radius 1 is 1.12 bits per heavy atom. The number of alkyl halides is 3. The van der Waals surface area contributed by atoms with E-state index in [9.17, 15) is 18.0 Å². The van der Waals surface area contributed by atoms with E-state index < -0.39 is 29.6 Å². The SMILES string of the molecule is C=C[C@@H](c1ccccc1)[C@]1(C(F)(F)F)N[C@@H](c2ccccc2)COC1=O. The van der Waals surface area contributed by atoms with Gasteiger partial charge in [0.1, 0.15) is 6.61 Å². The summed E-state index contributed by atoms with van der Waals surface area (Å²) in [6, 6.07) is 15.9. The molecule has 0 saturated carbocycles. The van der Waals surface area contributed by atoms with Gasteiger partial charge in [-0.25, -0.2) is 4.79 Å². The fraction of sp³-hybridized carbons (Fsp3) is 0.250. The molecular weight excluding hydrogens is 343 g/mol. The van der Waals surface area contributed by atoms with E-state index in [1.54, 1.807) is 60.7 Å². The highest BCUT2D eigenvalue weighted by Crippen LogP contribution is 2.46. The van der Waals surface area contributed by atoms with Gasteiger partial charge in [0.05, 0.1) is 6.04 Å². The lowest BCUT2D eigenvalue weighted by molar-refractivity contribution is -0.228. The lowest BCUT2D eigenvalue weighted by atomic mass is 9.76. The van der Waals surface area contributed by atoms with Crippen molar-refractivity contribution in [1.82, 2.24) is 5.32 Å². The number of carbonyl (C=O) groups is 1. The first-order valence-corrected chi connectivity index (χ1v) is 8.14. The summed E-state index contributed by atoms with van der Waals surface area (Å²) in [4.78, 5) is 12.5. The molecule has 1 aliphatic heterocycles. The third-order valence-electron chi connectivity index (χ3n) is 4.61. The van der Waals surface area contributed by atoms with Gasteiger partial charge in [0, 0.05) is 5.92 Å². The number of carbonyl (C=O) groups excluding carboxylic acids is 1. The lowest BCUT2D eigenvalue weighted by Gasteiger charge is -2.45.